The first-order valence-corrected chi connectivity index (χ1v) is 4.22. The first-order valence-electron chi connectivity index (χ1n) is 4.22. The van der Waals surface area contributed by atoms with Gasteiger partial charge in [-0.15, -0.1) is 12.4 Å². The molecule has 0 bridgehead atoms. The molecule has 1 fully saturated rings. The van der Waals surface area contributed by atoms with E-state index in [0.29, 0.717) is 6.04 Å². The number of halogens is 1. The van der Waals surface area contributed by atoms with Crippen molar-refractivity contribution in [3.05, 3.63) is 24.2 Å². The predicted octanol–water partition coefficient (Wildman–Crippen LogP) is 2.52. The Kier molecular flexibility index (Phi) is 3.63. The van der Waals surface area contributed by atoms with Gasteiger partial charge >= 0.3 is 0 Å². The average molecular weight is 188 g/mol. The van der Waals surface area contributed by atoms with E-state index in [1.165, 1.54) is 24.8 Å². The number of rotatable bonds is 1. The highest BCUT2D eigenvalue weighted by Crippen LogP contribution is 2.22. The fourth-order valence-corrected chi connectivity index (χ4v) is 1.61. The molecule has 1 aliphatic rings. The fourth-order valence-electron chi connectivity index (χ4n) is 1.61. The lowest BCUT2D eigenvalue weighted by molar-refractivity contribution is 0.409. The molecule has 0 radical (unpaired) electrons. The second kappa shape index (κ2) is 4.53. The van der Waals surface area contributed by atoms with Gasteiger partial charge in [0.25, 0.3) is 0 Å². The fraction of sp³-hybridized carbons (Fsp3) is 0.556. The molecule has 1 unspecified atom stereocenters. The summed E-state index contributed by atoms with van der Waals surface area (Å²) in [5, 5.41) is 3.46. The minimum Gasteiger partial charge on any atom is -0.472 e. The lowest BCUT2D eigenvalue weighted by Crippen LogP contribution is -2.26. The molecule has 1 saturated heterocycles. The molecule has 0 amide bonds. The highest BCUT2D eigenvalue weighted by molar-refractivity contribution is 5.85. The monoisotopic (exact) mass is 187 g/mol. The first kappa shape index (κ1) is 9.62. The van der Waals surface area contributed by atoms with E-state index in [-0.39, 0.29) is 12.4 Å². The van der Waals surface area contributed by atoms with E-state index >= 15 is 0 Å². The minimum atomic E-state index is 0. The molecular weight excluding hydrogens is 174 g/mol. The molecule has 1 aromatic heterocycles. The molecule has 3 heteroatoms. The van der Waals surface area contributed by atoms with Crippen molar-refractivity contribution in [2.24, 2.45) is 0 Å². The molecule has 0 saturated carbocycles. The van der Waals surface area contributed by atoms with Crippen molar-refractivity contribution < 1.29 is 4.42 Å². The zero-order valence-electron chi connectivity index (χ0n) is 6.95. The van der Waals surface area contributed by atoms with Gasteiger partial charge in [-0.1, -0.05) is 6.42 Å². The Bertz CT molecular complexity index is 204. The highest BCUT2D eigenvalue weighted by atomic mass is 35.5. The maximum atomic E-state index is 5.03. The summed E-state index contributed by atoms with van der Waals surface area (Å²) in [5.74, 6) is 0. The Morgan fingerprint density at radius 1 is 1.42 bits per heavy atom. The van der Waals surface area contributed by atoms with Crippen molar-refractivity contribution in [1.29, 1.82) is 0 Å². The van der Waals surface area contributed by atoms with Gasteiger partial charge in [0.05, 0.1) is 12.5 Å². The first-order chi connectivity index (χ1) is 5.47. The van der Waals surface area contributed by atoms with Crippen LogP contribution >= 0.6 is 12.4 Å². The Hall–Kier alpha value is -0.470. The highest BCUT2D eigenvalue weighted by Gasteiger charge is 2.14. The van der Waals surface area contributed by atoms with Crippen LogP contribution in [0, 0.1) is 0 Å². The van der Waals surface area contributed by atoms with E-state index in [1.807, 2.05) is 12.3 Å². The molecule has 1 aliphatic heterocycles. The van der Waals surface area contributed by atoms with Crippen LogP contribution in [0.15, 0.2) is 23.0 Å². The molecule has 1 aromatic rings. The van der Waals surface area contributed by atoms with Crippen molar-refractivity contribution in [2.45, 2.75) is 25.3 Å². The summed E-state index contributed by atoms with van der Waals surface area (Å²) >= 11 is 0. The third kappa shape index (κ3) is 2.02. The van der Waals surface area contributed by atoms with Crippen LogP contribution < -0.4 is 5.32 Å². The van der Waals surface area contributed by atoms with Crippen molar-refractivity contribution in [3.8, 4) is 0 Å². The van der Waals surface area contributed by atoms with Crippen LogP contribution in [0.3, 0.4) is 0 Å². The van der Waals surface area contributed by atoms with E-state index < -0.39 is 0 Å². The predicted molar refractivity (Wildman–Crippen MR) is 50.6 cm³/mol. The normalized spacial score (nSPS) is 23.2. The molecule has 0 spiro atoms. The number of piperidine rings is 1. The Morgan fingerprint density at radius 2 is 2.33 bits per heavy atom. The van der Waals surface area contributed by atoms with Crippen molar-refractivity contribution in [3.63, 3.8) is 0 Å². The van der Waals surface area contributed by atoms with E-state index in [4.69, 9.17) is 4.42 Å². The molecule has 1 atom stereocenters. The third-order valence-electron chi connectivity index (χ3n) is 2.26. The van der Waals surface area contributed by atoms with Gasteiger partial charge in [0.2, 0.25) is 0 Å². The second-order valence-electron chi connectivity index (χ2n) is 3.06. The maximum absolute atomic E-state index is 5.03. The minimum absolute atomic E-state index is 0. The standard InChI is InChI=1S/C9H13NO.ClH/c1-2-5-10-9(3-1)8-4-6-11-7-8;/h4,6-7,9-10H,1-3,5H2;1H. The molecule has 2 heterocycles. The molecular formula is C9H14ClNO. The van der Waals surface area contributed by atoms with Crippen molar-refractivity contribution >= 4 is 12.4 Å². The number of hydrogen-bond donors (Lipinski definition) is 1. The average Bonchev–Trinajstić information content (AvgIpc) is 2.58. The van der Waals surface area contributed by atoms with Crippen LogP contribution in [-0.2, 0) is 0 Å². The van der Waals surface area contributed by atoms with Crippen LogP contribution in [0.5, 0.6) is 0 Å². The van der Waals surface area contributed by atoms with Gasteiger partial charge < -0.3 is 9.73 Å². The summed E-state index contributed by atoms with van der Waals surface area (Å²) < 4.78 is 5.03. The van der Waals surface area contributed by atoms with Crippen LogP contribution in [0.2, 0.25) is 0 Å². The topological polar surface area (TPSA) is 25.2 Å². The van der Waals surface area contributed by atoms with Crippen LogP contribution in [0.4, 0.5) is 0 Å². The van der Waals surface area contributed by atoms with Crippen LogP contribution in [0.25, 0.3) is 0 Å². The third-order valence-corrected chi connectivity index (χ3v) is 2.26. The van der Waals surface area contributed by atoms with Gasteiger partial charge in [0.1, 0.15) is 0 Å². The smallest absolute Gasteiger partial charge is 0.0950 e. The summed E-state index contributed by atoms with van der Waals surface area (Å²) in [6.45, 7) is 1.15. The van der Waals surface area contributed by atoms with E-state index in [1.54, 1.807) is 6.26 Å². The summed E-state index contributed by atoms with van der Waals surface area (Å²) in [6.07, 6.45) is 7.48. The summed E-state index contributed by atoms with van der Waals surface area (Å²) in [5.41, 5.74) is 1.30. The van der Waals surface area contributed by atoms with E-state index in [0.717, 1.165) is 6.54 Å². The SMILES string of the molecule is Cl.c1cc(C2CCCCN2)co1. The maximum Gasteiger partial charge on any atom is 0.0950 e. The molecule has 0 aliphatic carbocycles. The lowest BCUT2D eigenvalue weighted by Gasteiger charge is -2.21. The molecule has 12 heavy (non-hydrogen) atoms. The largest absolute Gasteiger partial charge is 0.472 e. The quantitative estimate of drug-likeness (QED) is 0.731. The molecule has 1 N–H and O–H groups in total. The molecule has 2 rings (SSSR count). The summed E-state index contributed by atoms with van der Waals surface area (Å²) in [7, 11) is 0. The van der Waals surface area contributed by atoms with Crippen molar-refractivity contribution in [1.82, 2.24) is 5.32 Å². The van der Waals surface area contributed by atoms with Crippen molar-refractivity contribution in [2.75, 3.05) is 6.54 Å². The summed E-state index contributed by atoms with van der Waals surface area (Å²) in [4.78, 5) is 0. The summed E-state index contributed by atoms with van der Waals surface area (Å²) in [6, 6.07) is 2.59. The van der Waals surface area contributed by atoms with Gasteiger partial charge in [-0.05, 0) is 25.5 Å². The Balaban J connectivity index is 0.000000720. The van der Waals surface area contributed by atoms with E-state index in [2.05, 4.69) is 5.32 Å². The van der Waals surface area contributed by atoms with Gasteiger partial charge in [0, 0.05) is 11.6 Å². The van der Waals surface area contributed by atoms with Gasteiger partial charge in [-0.2, -0.15) is 0 Å². The molecule has 0 aromatic carbocycles. The lowest BCUT2D eigenvalue weighted by atomic mass is 10.0. The van der Waals surface area contributed by atoms with E-state index in [9.17, 15) is 0 Å². The number of hydrogen-bond acceptors (Lipinski definition) is 2. The number of furan rings is 1. The zero-order chi connectivity index (χ0) is 7.52. The second-order valence-corrected chi connectivity index (χ2v) is 3.06. The molecule has 68 valence electrons. The van der Waals surface area contributed by atoms with Gasteiger partial charge in [0.15, 0.2) is 0 Å². The van der Waals surface area contributed by atoms with Crippen LogP contribution in [0.1, 0.15) is 30.9 Å². The van der Waals surface area contributed by atoms with Crippen LogP contribution in [-0.4, -0.2) is 6.54 Å². The Labute approximate surface area is 78.7 Å². The number of nitrogens with one attached hydrogen (secondary N) is 1. The zero-order valence-corrected chi connectivity index (χ0v) is 7.77. The Morgan fingerprint density at radius 3 is 2.92 bits per heavy atom. The molecule has 2 nitrogen and oxygen atoms in total. The van der Waals surface area contributed by atoms with Gasteiger partial charge in [-0.25, -0.2) is 0 Å². The van der Waals surface area contributed by atoms with Gasteiger partial charge in [-0.3, -0.25) is 0 Å².